The molecular weight excluding hydrogens is 324 g/mol. The lowest BCUT2D eigenvalue weighted by atomic mass is 9.74. The standard InChI is InChI=1S/C17H26N2O3S.CH2/c1-12-13(2)23-16(19(12)8-10-21-3)18-15(20)17-7-4-5-14(11-17)6-9-22-17;/h14H,4-11H2,1-3H3;1H2. The first kappa shape index (κ1) is 19.3. The van der Waals surface area contributed by atoms with Crippen molar-refractivity contribution >= 4 is 17.2 Å². The predicted octanol–water partition coefficient (Wildman–Crippen LogP) is 2.92. The Bertz CT molecular complexity index is 637. The predicted molar refractivity (Wildman–Crippen MR) is 94.8 cm³/mol. The van der Waals surface area contributed by atoms with Gasteiger partial charge in [0.25, 0.3) is 5.91 Å². The Morgan fingerprint density at radius 3 is 3.00 bits per heavy atom. The molecule has 2 fully saturated rings. The Morgan fingerprint density at radius 2 is 2.25 bits per heavy atom. The largest absolute Gasteiger partial charge is 0.383 e. The molecule has 1 aliphatic heterocycles. The highest BCUT2D eigenvalue weighted by molar-refractivity contribution is 7.09. The smallest absolute Gasteiger partial charge is 0.280 e. The van der Waals surface area contributed by atoms with Crippen LogP contribution in [0.15, 0.2) is 4.99 Å². The molecule has 24 heavy (non-hydrogen) atoms. The lowest BCUT2D eigenvalue weighted by Gasteiger charge is -2.42. The van der Waals surface area contributed by atoms with Gasteiger partial charge in [-0.1, -0.05) is 13.8 Å². The zero-order valence-electron chi connectivity index (χ0n) is 15.0. The van der Waals surface area contributed by atoms with Crippen molar-refractivity contribution in [1.82, 2.24) is 4.57 Å². The molecule has 1 amide bonds. The minimum Gasteiger partial charge on any atom is -0.383 e. The Labute approximate surface area is 148 Å². The highest BCUT2D eigenvalue weighted by atomic mass is 32.1. The number of fused-ring (bicyclic) bond motifs is 2. The summed E-state index contributed by atoms with van der Waals surface area (Å²) in [5.41, 5.74) is 0.494. The van der Waals surface area contributed by atoms with E-state index in [-0.39, 0.29) is 13.3 Å². The zero-order valence-corrected chi connectivity index (χ0v) is 15.8. The molecule has 2 aliphatic rings. The average molecular weight is 353 g/mol. The number of amides is 1. The summed E-state index contributed by atoms with van der Waals surface area (Å²) in [5.74, 6) is 0.540. The summed E-state index contributed by atoms with van der Waals surface area (Å²) in [7, 11) is 1.69. The van der Waals surface area contributed by atoms with Gasteiger partial charge in [0.1, 0.15) is 5.60 Å². The maximum Gasteiger partial charge on any atom is 0.280 e. The molecule has 1 saturated carbocycles. The molecule has 2 radical (unpaired) electrons. The van der Waals surface area contributed by atoms with E-state index in [1.54, 1.807) is 18.4 Å². The van der Waals surface area contributed by atoms with E-state index in [1.165, 1.54) is 11.3 Å². The molecule has 1 aromatic rings. The third-order valence-electron chi connectivity index (χ3n) is 5.21. The maximum absolute atomic E-state index is 12.9. The molecule has 2 bridgehead atoms. The Balaban J connectivity index is 0.00000208. The van der Waals surface area contributed by atoms with E-state index in [2.05, 4.69) is 23.4 Å². The number of aryl methyl sites for hydroxylation is 1. The van der Waals surface area contributed by atoms with Crippen molar-refractivity contribution in [3.63, 3.8) is 0 Å². The van der Waals surface area contributed by atoms with Gasteiger partial charge >= 0.3 is 0 Å². The summed E-state index contributed by atoms with van der Waals surface area (Å²) in [5, 5.41) is 0. The maximum atomic E-state index is 12.9. The second kappa shape index (κ2) is 7.93. The Hall–Kier alpha value is -0.980. The summed E-state index contributed by atoms with van der Waals surface area (Å²) < 4.78 is 13.2. The number of nitrogens with zero attached hydrogens (tertiary/aromatic N) is 2. The third kappa shape index (κ3) is 3.65. The van der Waals surface area contributed by atoms with Gasteiger partial charge in [0, 0.05) is 30.8 Å². The van der Waals surface area contributed by atoms with Crippen LogP contribution in [0.5, 0.6) is 0 Å². The molecule has 1 aromatic heterocycles. The second-order valence-electron chi connectivity index (χ2n) is 6.68. The van der Waals surface area contributed by atoms with Crippen molar-refractivity contribution < 1.29 is 14.3 Å². The van der Waals surface area contributed by atoms with Crippen molar-refractivity contribution in [2.45, 2.75) is 58.1 Å². The number of hydrogen-bond acceptors (Lipinski definition) is 4. The first-order valence-electron chi connectivity index (χ1n) is 8.44. The van der Waals surface area contributed by atoms with Gasteiger partial charge in [-0.05, 0) is 45.4 Å². The number of carbonyl (C=O) groups is 1. The number of thiazole rings is 1. The van der Waals surface area contributed by atoms with Gasteiger partial charge in [-0.2, -0.15) is 4.99 Å². The first-order chi connectivity index (χ1) is 11.1. The Kier molecular flexibility index (Phi) is 6.39. The molecule has 2 atom stereocenters. The van der Waals surface area contributed by atoms with E-state index < -0.39 is 5.60 Å². The van der Waals surface area contributed by atoms with Gasteiger partial charge in [0.05, 0.1) is 6.61 Å². The molecule has 1 aliphatic carbocycles. The van der Waals surface area contributed by atoms with Crippen molar-refractivity contribution in [2.24, 2.45) is 10.9 Å². The average Bonchev–Trinajstić information content (AvgIpc) is 2.79. The normalized spacial score (nSPS) is 27.0. The van der Waals surface area contributed by atoms with Crippen molar-refractivity contribution in [3.8, 4) is 0 Å². The van der Waals surface area contributed by atoms with Gasteiger partial charge in [0.15, 0.2) is 4.80 Å². The van der Waals surface area contributed by atoms with Crippen LogP contribution in [0.3, 0.4) is 0 Å². The van der Waals surface area contributed by atoms with E-state index in [9.17, 15) is 4.79 Å². The highest BCUT2D eigenvalue weighted by Gasteiger charge is 2.46. The fraction of sp³-hybridized carbons (Fsp3) is 0.722. The Morgan fingerprint density at radius 1 is 1.46 bits per heavy atom. The summed E-state index contributed by atoms with van der Waals surface area (Å²) in [6.07, 6.45) is 5.03. The fourth-order valence-corrected chi connectivity index (χ4v) is 4.72. The molecular formula is C18H28N2O3S. The van der Waals surface area contributed by atoms with Crippen LogP contribution in [0.4, 0.5) is 0 Å². The van der Waals surface area contributed by atoms with E-state index in [4.69, 9.17) is 9.47 Å². The van der Waals surface area contributed by atoms with Crippen LogP contribution in [0.25, 0.3) is 0 Å². The topological polar surface area (TPSA) is 52.8 Å². The van der Waals surface area contributed by atoms with Crippen LogP contribution in [0.1, 0.15) is 42.7 Å². The summed E-state index contributed by atoms with van der Waals surface area (Å²) in [6.45, 7) is 6.16. The lowest BCUT2D eigenvalue weighted by molar-refractivity contribution is -0.161. The van der Waals surface area contributed by atoms with Crippen LogP contribution < -0.4 is 4.80 Å². The molecule has 0 spiro atoms. The number of aromatic nitrogens is 1. The third-order valence-corrected chi connectivity index (χ3v) is 6.31. The fourth-order valence-electron chi connectivity index (χ4n) is 3.72. The van der Waals surface area contributed by atoms with Gasteiger partial charge < -0.3 is 14.0 Å². The number of rotatable bonds is 4. The van der Waals surface area contributed by atoms with Gasteiger partial charge in [0.2, 0.25) is 0 Å². The second-order valence-corrected chi connectivity index (χ2v) is 7.86. The minimum atomic E-state index is -0.661. The van der Waals surface area contributed by atoms with Gasteiger partial charge in [-0.15, -0.1) is 11.3 Å². The van der Waals surface area contributed by atoms with Crippen molar-refractivity contribution in [3.05, 3.63) is 22.8 Å². The molecule has 2 heterocycles. The van der Waals surface area contributed by atoms with Crippen LogP contribution in [0, 0.1) is 27.2 Å². The molecule has 6 heteroatoms. The number of methoxy groups -OCH3 is 1. The van der Waals surface area contributed by atoms with Crippen LogP contribution >= 0.6 is 11.3 Å². The number of hydrogen-bond donors (Lipinski definition) is 0. The van der Waals surface area contributed by atoms with Crippen LogP contribution in [-0.2, 0) is 20.8 Å². The zero-order chi connectivity index (χ0) is 16.4. The molecule has 1 saturated heterocycles. The molecule has 2 unspecified atom stereocenters. The van der Waals surface area contributed by atoms with Gasteiger partial charge in [-0.3, -0.25) is 4.79 Å². The lowest BCUT2D eigenvalue weighted by Crippen LogP contribution is -2.49. The van der Waals surface area contributed by atoms with Gasteiger partial charge in [-0.25, -0.2) is 0 Å². The van der Waals surface area contributed by atoms with E-state index >= 15 is 0 Å². The summed E-state index contributed by atoms with van der Waals surface area (Å²) in [4.78, 5) is 19.4. The number of carbonyl (C=O) groups excluding carboxylic acids is 1. The SMILES string of the molecule is COCCn1c(C)c(C)sc1=NC(=O)C12CCCC(CCO1)C2.[CH2]. The summed E-state index contributed by atoms with van der Waals surface area (Å²) >= 11 is 1.58. The van der Waals surface area contributed by atoms with E-state index in [0.717, 1.165) is 42.7 Å². The monoisotopic (exact) mass is 352 g/mol. The minimum absolute atomic E-state index is 0. The van der Waals surface area contributed by atoms with Crippen molar-refractivity contribution in [2.75, 3.05) is 20.3 Å². The van der Waals surface area contributed by atoms with Crippen LogP contribution in [-0.4, -0.2) is 36.4 Å². The molecule has 3 rings (SSSR count). The quantitative estimate of drug-likeness (QED) is 0.837. The molecule has 5 nitrogen and oxygen atoms in total. The summed E-state index contributed by atoms with van der Waals surface area (Å²) in [6, 6.07) is 0. The first-order valence-corrected chi connectivity index (χ1v) is 9.26. The molecule has 0 aromatic carbocycles. The van der Waals surface area contributed by atoms with E-state index in [1.807, 2.05) is 0 Å². The highest BCUT2D eigenvalue weighted by Crippen LogP contribution is 2.41. The molecule has 0 N–H and O–H groups in total. The van der Waals surface area contributed by atoms with Crippen LogP contribution in [0.2, 0.25) is 0 Å². The van der Waals surface area contributed by atoms with Crippen molar-refractivity contribution in [1.29, 1.82) is 0 Å². The number of ether oxygens (including phenoxy) is 2. The van der Waals surface area contributed by atoms with E-state index in [0.29, 0.717) is 19.1 Å². The molecule has 134 valence electrons.